The van der Waals surface area contributed by atoms with Crippen molar-refractivity contribution in [2.75, 3.05) is 12.0 Å². The predicted molar refractivity (Wildman–Crippen MR) is 125 cm³/mol. The van der Waals surface area contributed by atoms with Crippen LogP contribution in [0.25, 0.3) is 16.7 Å². The van der Waals surface area contributed by atoms with E-state index in [1.807, 2.05) is 31.2 Å². The number of aryl methyl sites for hydroxylation is 1. The van der Waals surface area contributed by atoms with Gasteiger partial charge >= 0.3 is 0 Å². The van der Waals surface area contributed by atoms with Crippen LogP contribution in [-0.2, 0) is 9.59 Å². The Labute approximate surface area is 190 Å². The van der Waals surface area contributed by atoms with Crippen LogP contribution in [0.1, 0.15) is 22.9 Å². The Hall–Kier alpha value is -4.39. The summed E-state index contributed by atoms with van der Waals surface area (Å²) >= 11 is 0. The lowest BCUT2D eigenvalue weighted by Gasteiger charge is -2.26. The second-order valence-corrected chi connectivity index (χ2v) is 7.82. The first kappa shape index (κ1) is 20.5. The molecule has 2 aromatic heterocycles. The van der Waals surface area contributed by atoms with Gasteiger partial charge in [0.05, 0.1) is 18.7 Å². The van der Waals surface area contributed by atoms with Crippen molar-refractivity contribution in [3.63, 3.8) is 0 Å². The molecule has 0 radical (unpaired) electrons. The van der Waals surface area contributed by atoms with Gasteiger partial charge in [0.2, 0.25) is 0 Å². The third-order valence-corrected chi connectivity index (χ3v) is 5.95. The number of carbonyl (C=O) groups excluding carboxylic acids is 2. The van der Waals surface area contributed by atoms with Gasteiger partial charge in [0.25, 0.3) is 11.7 Å². The summed E-state index contributed by atoms with van der Waals surface area (Å²) in [5.74, 6) is -1.15. The number of aliphatic hydroxyl groups is 1. The molecule has 0 saturated carbocycles. The van der Waals surface area contributed by atoms with Crippen molar-refractivity contribution in [3.05, 3.63) is 95.5 Å². The van der Waals surface area contributed by atoms with Gasteiger partial charge in [-0.3, -0.25) is 19.5 Å². The molecule has 1 aliphatic heterocycles. The number of methoxy groups -OCH3 is 1. The third kappa shape index (κ3) is 3.25. The van der Waals surface area contributed by atoms with Crippen molar-refractivity contribution < 1.29 is 19.4 Å². The molecule has 1 atom stereocenters. The molecular weight excluding hydrogens is 418 g/mol. The molecule has 7 nitrogen and oxygen atoms in total. The zero-order chi connectivity index (χ0) is 23.1. The van der Waals surface area contributed by atoms with Crippen LogP contribution in [0.2, 0.25) is 0 Å². The van der Waals surface area contributed by atoms with Crippen LogP contribution in [0.15, 0.2) is 78.6 Å². The molecule has 1 amide bonds. The van der Waals surface area contributed by atoms with Crippen LogP contribution in [0, 0.1) is 6.92 Å². The molecule has 7 heteroatoms. The van der Waals surface area contributed by atoms with E-state index in [0.717, 1.165) is 22.2 Å². The minimum absolute atomic E-state index is 0.0295. The van der Waals surface area contributed by atoms with Gasteiger partial charge in [0, 0.05) is 51.9 Å². The number of aliphatic hydroxyl groups excluding tert-OH is 1. The van der Waals surface area contributed by atoms with Gasteiger partial charge in [-0.05, 0) is 37.3 Å². The number of nitrogens with zero attached hydrogens (tertiary/aromatic N) is 2. The van der Waals surface area contributed by atoms with Crippen molar-refractivity contribution >= 4 is 34.0 Å². The number of aromatic amines is 1. The first-order chi connectivity index (χ1) is 16.0. The van der Waals surface area contributed by atoms with E-state index >= 15 is 0 Å². The highest BCUT2D eigenvalue weighted by Crippen LogP contribution is 2.45. The maximum absolute atomic E-state index is 13.4. The van der Waals surface area contributed by atoms with Crippen molar-refractivity contribution in [2.45, 2.75) is 13.0 Å². The first-order valence-electron chi connectivity index (χ1n) is 10.4. The molecular formula is C26H21N3O4. The Morgan fingerprint density at radius 3 is 2.58 bits per heavy atom. The number of para-hydroxylation sites is 1. The average Bonchev–Trinajstić information content (AvgIpc) is 3.31. The first-order valence-corrected chi connectivity index (χ1v) is 10.4. The second-order valence-electron chi connectivity index (χ2n) is 7.82. The number of H-pyrrole nitrogens is 1. The molecule has 0 bridgehead atoms. The molecule has 4 aromatic rings. The van der Waals surface area contributed by atoms with Crippen molar-refractivity contribution in [1.29, 1.82) is 0 Å². The van der Waals surface area contributed by atoms with Crippen LogP contribution in [0.3, 0.4) is 0 Å². The molecule has 1 saturated heterocycles. The number of amides is 1. The molecule has 2 N–H and O–H groups in total. The number of hydrogen-bond acceptors (Lipinski definition) is 5. The molecule has 5 rings (SSSR count). The number of benzene rings is 2. The van der Waals surface area contributed by atoms with Crippen molar-refractivity contribution in [3.8, 4) is 5.75 Å². The molecule has 0 aliphatic carbocycles. The van der Waals surface area contributed by atoms with E-state index in [4.69, 9.17) is 4.74 Å². The highest BCUT2D eigenvalue weighted by Gasteiger charge is 2.48. The number of hydrogen-bond donors (Lipinski definition) is 2. The molecule has 0 spiro atoms. The van der Waals surface area contributed by atoms with Gasteiger partial charge in [-0.15, -0.1) is 0 Å². The lowest BCUT2D eigenvalue weighted by molar-refractivity contribution is -0.132. The Morgan fingerprint density at radius 2 is 1.82 bits per heavy atom. The number of aromatic nitrogens is 2. The lowest BCUT2D eigenvalue weighted by atomic mass is 9.93. The largest absolute Gasteiger partial charge is 0.507 e. The fourth-order valence-electron chi connectivity index (χ4n) is 4.45. The number of anilines is 1. The Kier molecular flexibility index (Phi) is 4.94. The third-order valence-electron chi connectivity index (χ3n) is 5.95. The van der Waals surface area contributed by atoms with Gasteiger partial charge in [-0.2, -0.15) is 0 Å². The lowest BCUT2D eigenvalue weighted by Crippen LogP contribution is -2.29. The van der Waals surface area contributed by atoms with E-state index in [2.05, 4.69) is 9.97 Å². The SMILES string of the molecule is COc1cccc(N2C(=O)C(=O)/C(=C(/O)c3ccncc3)C2c2c(C)[nH]c3ccccc23)c1. The number of Topliss-reactive ketones (excluding diaryl/α,β-unsaturated/α-hetero) is 1. The Balaban J connectivity index is 1.82. The number of ketones is 1. The van der Waals surface area contributed by atoms with E-state index in [1.165, 1.54) is 24.4 Å². The maximum atomic E-state index is 13.4. The van der Waals surface area contributed by atoms with Crippen molar-refractivity contribution in [2.24, 2.45) is 0 Å². The molecule has 33 heavy (non-hydrogen) atoms. The highest BCUT2D eigenvalue weighted by molar-refractivity contribution is 6.52. The predicted octanol–water partition coefficient (Wildman–Crippen LogP) is 4.51. The van der Waals surface area contributed by atoms with Gasteiger partial charge in [0.1, 0.15) is 11.5 Å². The minimum Gasteiger partial charge on any atom is -0.507 e. The van der Waals surface area contributed by atoms with Crippen LogP contribution in [-0.4, -0.2) is 33.9 Å². The minimum atomic E-state index is -0.832. The van der Waals surface area contributed by atoms with E-state index < -0.39 is 17.7 Å². The van der Waals surface area contributed by atoms with E-state index in [-0.39, 0.29) is 11.3 Å². The van der Waals surface area contributed by atoms with E-state index in [9.17, 15) is 14.7 Å². The van der Waals surface area contributed by atoms with Gasteiger partial charge < -0.3 is 14.8 Å². The maximum Gasteiger partial charge on any atom is 0.300 e. The zero-order valence-electron chi connectivity index (χ0n) is 18.1. The number of fused-ring (bicyclic) bond motifs is 1. The van der Waals surface area contributed by atoms with Crippen LogP contribution < -0.4 is 9.64 Å². The molecule has 2 aromatic carbocycles. The average molecular weight is 439 g/mol. The number of rotatable bonds is 4. The van der Waals surface area contributed by atoms with Crippen LogP contribution in [0.5, 0.6) is 5.75 Å². The summed E-state index contributed by atoms with van der Waals surface area (Å²) in [4.78, 5) is 35.5. The van der Waals surface area contributed by atoms with Gasteiger partial charge in [-0.25, -0.2) is 0 Å². The topological polar surface area (TPSA) is 95.5 Å². The molecule has 3 heterocycles. The van der Waals surface area contributed by atoms with Gasteiger partial charge in [-0.1, -0.05) is 24.3 Å². The summed E-state index contributed by atoms with van der Waals surface area (Å²) in [6.07, 6.45) is 3.05. The molecule has 1 unspecified atom stereocenters. The molecule has 1 aliphatic rings. The second kappa shape index (κ2) is 7.94. The summed E-state index contributed by atoms with van der Waals surface area (Å²) in [6.45, 7) is 1.90. The standard InChI is InChI=1S/C26H21N3O4/c1-15-21(19-8-3-4-9-20(19)28-15)23-22(24(30)16-10-12-27-13-11-16)25(31)26(32)29(23)17-6-5-7-18(14-17)33-2/h3-14,23,28,30H,1-2H3/b24-22+. The molecule has 164 valence electrons. The Morgan fingerprint density at radius 1 is 1.06 bits per heavy atom. The number of nitrogens with one attached hydrogen (secondary N) is 1. The van der Waals surface area contributed by atoms with Crippen LogP contribution in [0.4, 0.5) is 5.69 Å². The van der Waals surface area contributed by atoms with Crippen molar-refractivity contribution in [1.82, 2.24) is 9.97 Å². The summed E-state index contributed by atoms with van der Waals surface area (Å²) in [6, 6.07) is 17.0. The smallest absolute Gasteiger partial charge is 0.300 e. The van der Waals surface area contributed by atoms with Gasteiger partial charge in [0.15, 0.2) is 0 Å². The number of carbonyl (C=O) groups is 2. The van der Waals surface area contributed by atoms with E-state index in [0.29, 0.717) is 17.0 Å². The summed E-state index contributed by atoms with van der Waals surface area (Å²) in [7, 11) is 1.54. The fraction of sp³-hybridized carbons (Fsp3) is 0.115. The normalized spacial score (nSPS) is 17.6. The summed E-state index contributed by atoms with van der Waals surface area (Å²) in [5, 5.41) is 12.1. The van der Waals surface area contributed by atoms with E-state index in [1.54, 1.807) is 36.4 Å². The summed E-state index contributed by atoms with van der Waals surface area (Å²) in [5.41, 5.74) is 3.38. The Bertz CT molecular complexity index is 1420. The molecule has 1 fully saturated rings. The number of ether oxygens (including phenoxy) is 1. The zero-order valence-corrected chi connectivity index (χ0v) is 18.1. The monoisotopic (exact) mass is 439 g/mol. The fourth-order valence-corrected chi connectivity index (χ4v) is 4.45. The quantitative estimate of drug-likeness (QED) is 0.277. The van der Waals surface area contributed by atoms with Crippen LogP contribution >= 0.6 is 0 Å². The number of pyridine rings is 1. The highest BCUT2D eigenvalue weighted by atomic mass is 16.5. The summed E-state index contributed by atoms with van der Waals surface area (Å²) < 4.78 is 5.34.